The third-order valence-corrected chi connectivity index (χ3v) is 4.74. The molecule has 0 fully saturated rings. The largest absolute Gasteiger partial charge is 0.442 e. The van der Waals surface area contributed by atoms with Crippen molar-refractivity contribution in [3.05, 3.63) is 51.5 Å². The fraction of sp³-hybridized carbons (Fsp3) is 0.263. The lowest BCUT2D eigenvalue weighted by Gasteiger charge is -2.15. The van der Waals surface area contributed by atoms with Gasteiger partial charge in [0.25, 0.3) is 12.0 Å². The topological polar surface area (TPSA) is 111 Å². The van der Waals surface area contributed by atoms with Gasteiger partial charge in [0, 0.05) is 29.7 Å². The predicted molar refractivity (Wildman–Crippen MR) is 109 cm³/mol. The van der Waals surface area contributed by atoms with Gasteiger partial charge in [0.1, 0.15) is 5.75 Å². The van der Waals surface area contributed by atoms with Crippen LogP contribution >= 0.6 is 15.9 Å². The maximum atomic E-state index is 12.2. The highest BCUT2D eigenvalue weighted by atomic mass is 79.9. The van der Waals surface area contributed by atoms with Gasteiger partial charge in [0.15, 0.2) is 0 Å². The summed E-state index contributed by atoms with van der Waals surface area (Å²) in [6.45, 7) is 6.40. The van der Waals surface area contributed by atoms with Crippen LogP contribution in [-0.2, 0) is 14.3 Å². The molecular formula is C19H17BrN6O4. The van der Waals surface area contributed by atoms with Crippen LogP contribution in [0.4, 0.5) is 0 Å². The number of aryl methyl sites for hydroxylation is 2. The lowest BCUT2D eigenvalue weighted by Crippen LogP contribution is -2.26. The van der Waals surface area contributed by atoms with E-state index in [-0.39, 0.29) is 23.4 Å². The van der Waals surface area contributed by atoms with Gasteiger partial charge >= 0.3 is 5.97 Å². The Labute approximate surface area is 179 Å². The Balaban J connectivity index is 1.76. The molecule has 30 heavy (non-hydrogen) atoms. The molecule has 0 aliphatic carbocycles. The molecule has 0 saturated carbocycles. The molecule has 4 rings (SSSR count). The van der Waals surface area contributed by atoms with Gasteiger partial charge in [-0.2, -0.15) is 9.99 Å². The fourth-order valence-electron chi connectivity index (χ4n) is 3.04. The minimum absolute atomic E-state index is 0.104. The summed E-state index contributed by atoms with van der Waals surface area (Å²) in [5.74, 6) is 0.132. The molecule has 3 heterocycles. The Morgan fingerprint density at radius 3 is 2.63 bits per heavy atom. The van der Waals surface area contributed by atoms with Crippen molar-refractivity contribution >= 4 is 39.5 Å². The highest BCUT2D eigenvalue weighted by Crippen LogP contribution is 2.33. The molecule has 0 radical (unpaired) electrons. The minimum atomic E-state index is -0.983. The molecule has 1 aromatic carbocycles. The number of aromatic nitrogens is 4. The number of nitrogens with zero attached hydrogens (tertiary/aromatic N) is 6. The average molecular weight is 473 g/mol. The van der Waals surface area contributed by atoms with Crippen molar-refractivity contribution in [2.75, 3.05) is 0 Å². The highest BCUT2D eigenvalue weighted by Gasteiger charge is 2.37. The number of hydrogen-bond acceptors (Lipinski definition) is 8. The van der Waals surface area contributed by atoms with E-state index in [2.05, 4.69) is 36.1 Å². The van der Waals surface area contributed by atoms with Crippen LogP contribution in [0.15, 0.2) is 33.8 Å². The zero-order chi connectivity index (χ0) is 21.6. The summed E-state index contributed by atoms with van der Waals surface area (Å²) in [5, 5.41) is 9.88. The first kappa shape index (κ1) is 20.0. The Kier molecular flexibility index (Phi) is 4.98. The van der Waals surface area contributed by atoms with E-state index in [1.807, 2.05) is 19.9 Å². The first-order valence-corrected chi connectivity index (χ1v) is 9.76. The van der Waals surface area contributed by atoms with Crippen LogP contribution in [0.1, 0.15) is 42.9 Å². The summed E-state index contributed by atoms with van der Waals surface area (Å²) in [4.78, 5) is 32.5. The summed E-state index contributed by atoms with van der Waals surface area (Å²) in [7, 11) is 0. The van der Waals surface area contributed by atoms with E-state index in [1.165, 1.54) is 13.8 Å². The summed E-state index contributed by atoms with van der Waals surface area (Å²) in [6.07, 6.45) is -0.983. The van der Waals surface area contributed by atoms with E-state index in [9.17, 15) is 9.59 Å². The SMILES string of the molecule is CC(=O)Oc1ccc(Br)cc1C1=NN(C(C)=O)[C@H](c2nc3nc(C)cc(C)n3n2)O1. The maximum absolute atomic E-state index is 12.2. The minimum Gasteiger partial charge on any atom is -0.442 e. The van der Waals surface area contributed by atoms with Crippen LogP contribution in [0.5, 0.6) is 5.75 Å². The van der Waals surface area contributed by atoms with Gasteiger partial charge in [0.05, 0.1) is 5.56 Å². The number of amides is 1. The summed E-state index contributed by atoms with van der Waals surface area (Å²) >= 11 is 3.38. The summed E-state index contributed by atoms with van der Waals surface area (Å²) in [6, 6.07) is 6.89. The molecule has 11 heteroatoms. The number of rotatable bonds is 3. The van der Waals surface area contributed by atoms with Crippen LogP contribution in [0.25, 0.3) is 5.78 Å². The Hall–Kier alpha value is -3.34. The van der Waals surface area contributed by atoms with Gasteiger partial charge in [-0.3, -0.25) is 9.59 Å². The second kappa shape index (κ2) is 7.48. The van der Waals surface area contributed by atoms with Crippen LogP contribution in [-0.4, -0.2) is 42.4 Å². The summed E-state index contributed by atoms with van der Waals surface area (Å²) < 4.78 is 13.5. The third kappa shape index (κ3) is 3.63. The molecule has 0 bridgehead atoms. The zero-order valence-electron chi connectivity index (χ0n) is 16.6. The van der Waals surface area contributed by atoms with Crippen molar-refractivity contribution < 1.29 is 19.1 Å². The molecule has 0 spiro atoms. The molecule has 10 nitrogen and oxygen atoms in total. The molecule has 1 atom stereocenters. The number of esters is 1. The Morgan fingerprint density at radius 1 is 1.17 bits per heavy atom. The van der Waals surface area contributed by atoms with Crippen molar-refractivity contribution in [3.63, 3.8) is 0 Å². The number of carbonyl (C=O) groups excluding carboxylic acids is 2. The number of halogens is 1. The molecule has 0 saturated heterocycles. The smallest absolute Gasteiger partial charge is 0.308 e. The van der Waals surface area contributed by atoms with E-state index in [4.69, 9.17) is 9.47 Å². The van der Waals surface area contributed by atoms with E-state index >= 15 is 0 Å². The Bertz CT molecular complexity index is 1220. The van der Waals surface area contributed by atoms with Crippen molar-refractivity contribution in [2.24, 2.45) is 5.10 Å². The number of hydrogen-bond donors (Lipinski definition) is 0. The zero-order valence-corrected chi connectivity index (χ0v) is 18.2. The first-order valence-electron chi connectivity index (χ1n) is 8.97. The van der Waals surface area contributed by atoms with Crippen molar-refractivity contribution in [1.29, 1.82) is 0 Å². The van der Waals surface area contributed by atoms with Crippen LogP contribution in [0, 0.1) is 13.8 Å². The van der Waals surface area contributed by atoms with Crippen LogP contribution in [0.3, 0.4) is 0 Å². The van der Waals surface area contributed by atoms with Gasteiger partial charge in [-0.1, -0.05) is 15.9 Å². The molecule has 154 valence electrons. The van der Waals surface area contributed by atoms with Gasteiger partial charge in [-0.25, -0.2) is 9.50 Å². The molecule has 1 aliphatic rings. The second-order valence-electron chi connectivity index (χ2n) is 6.69. The number of carbonyl (C=O) groups is 2. The number of ether oxygens (including phenoxy) is 2. The summed E-state index contributed by atoms with van der Waals surface area (Å²) in [5.41, 5.74) is 2.04. The van der Waals surface area contributed by atoms with Crippen molar-refractivity contribution in [1.82, 2.24) is 24.6 Å². The fourth-order valence-corrected chi connectivity index (χ4v) is 3.41. The van der Waals surface area contributed by atoms with Gasteiger partial charge in [0.2, 0.25) is 17.6 Å². The van der Waals surface area contributed by atoms with E-state index in [1.54, 1.807) is 22.7 Å². The predicted octanol–water partition coefficient (Wildman–Crippen LogP) is 2.67. The molecule has 3 aromatic rings. The Morgan fingerprint density at radius 2 is 1.93 bits per heavy atom. The molecule has 2 aromatic heterocycles. The van der Waals surface area contributed by atoms with Crippen molar-refractivity contribution in [3.8, 4) is 5.75 Å². The van der Waals surface area contributed by atoms with Crippen molar-refractivity contribution in [2.45, 2.75) is 33.9 Å². The average Bonchev–Trinajstić information content (AvgIpc) is 3.27. The van der Waals surface area contributed by atoms with Gasteiger partial charge < -0.3 is 9.47 Å². The van der Waals surface area contributed by atoms with E-state index < -0.39 is 12.2 Å². The van der Waals surface area contributed by atoms with Gasteiger partial charge in [-0.05, 0) is 38.1 Å². The number of hydrazone groups is 1. The lowest BCUT2D eigenvalue weighted by molar-refractivity contribution is -0.135. The monoisotopic (exact) mass is 472 g/mol. The molecule has 0 unspecified atom stereocenters. The quantitative estimate of drug-likeness (QED) is 0.425. The normalized spacial score (nSPS) is 15.8. The number of fused-ring (bicyclic) bond motifs is 1. The molecular weight excluding hydrogens is 456 g/mol. The maximum Gasteiger partial charge on any atom is 0.308 e. The van der Waals surface area contributed by atoms with Gasteiger partial charge in [-0.15, -0.1) is 10.2 Å². The number of benzene rings is 1. The highest BCUT2D eigenvalue weighted by molar-refractivity contribution is 9.10. The van der Waals surface area contributed by atoms with Crippen LogP contribution in [0.2, 0.25) is 0 Å². The third-order valence-electron chi connectivity index (χ3n) is 4.25. The molecule has 0 N–H and O–H groups in total. The standard InChI is InChI=1S/C19H17BrN6O4/c1-9-7-10(2)25-19(21-9)22-16(23-25)18-26(11(3)27)24-17(30-18)14-8-13(20)5-6-15(14)29-12(4)28/h5-8,18H,1-4H3/t18-/m0/s1. The first-order chi connectivity index (χ1) is 14.2. The lowest BCUT2D eigenvalue weighted by atomic mass is 10.2. The van der Waals surface area contributed by atoms with E-state index in [0.717, 1.165) is 20.9 Å². The second-order valence-corrected chi connectivity index (χ2v) is 7.61. The van der Waals surface area contributed by atoms with E-state index in [0.29, 0.717) is 11.3 Å². The molecule has 1 aliphatic heterocycles. The van der Waals surface area contributed by atoms with Crippen LogP contribution < -0.4 is 4.74 Å². The molecule has 1 amide bonds.